The topological polar surface area (TPSA) is 26.0 Å². The lowest BCUT2D eigenvalue weighted by atomic mass is 9.73. The normalized spacial score (nSPS) is 28.9. The van der Waals surface area contributed by atoms with Crippen molar-refractivity contribution < 1.29 is 0 Å². The molecular formula is C11H21N. The standard InChI is InChI=1S/C11H21N/c1-10(2)7-5-9(6-8-10)11(3,4)12/h5,7,9H,6,8,12H2,1-4H3. The van der Waals surface area contributed by atoms with Crippen molar-refractivity contribution in [1.29, 1.82) is 0 Å². The number of nitrogens with two attached hydrogens (primary N) is 1. The van der Waals surface area contributed by atoms with Crippen LogP contribution in [0.4, 0.5) is 0 Å². The summed E-state index contributed by atoms with van der Waals surface area (Å²) in [5.41, 5.74) is 6.39. The summed E-state index contributed by atoms with van der Waals surface area (Å²) < 4.78 is 0. The Morgan fingerprint density at radius 1 is 1.42 bits per heavy atom. The van der Waals surface area contributed by atoms with Crippen LogP contribution in [-0.2, 0) is 0 Å². The lowest BCUT2D eigenvalue weighted by Crippen LogP contribution is -2.41. The lowest BCUT2D eigenvalue weighted by Gasteiger charge is -2.35. The van der Waals surface area contributed by atoms with Gasteiger partial charge in [0.05, 0.1) is 0 Å². The Morgan fingerprint density at radius 3 is 2.33 bits per heavy atom. The van der Waals surface area contributed by atoms with Gasteiger partial charge in [-0.05, 0) is 38.0 Å². The molecule has 1 unspecified atom stereocenters. The van der Waals surface area contributed by atoms with Crippen LogP contribution in [0.5, 0.6) is 0 Å². The molecule has 0 radical (unpaired) electrons. The molecule has 0 amide bonds. The predicted octanol–water partition coefficient (Wildman–Crippen LogP) is 2.72. The SMILES string of the molecule is CC1(C)C=CC(C(C)(C)N)CC1. The van der Waals surface area contributed by atoms with Gasteiger partial charge in [-0.1, -0.05) is 26.0 Å². The molecule has 0 aromatic heterocycles. The Morgan fingerprint density at radius 2 is 2.00 bits per heavy atom. The molecule has 0 aromatic rings. The Kier molecular flexibility index (Phi) is 2.35. The zero-order valence-electron chi connectivity index (χ0n) is 8.72. The smallest absolute Gasteiger partial charge is 0.0160 e. The molecule has 0 aromatic carbocycles. The molecule has 1 aliphatic rings. The Balaban J connectivity index is 2.67. The minimum atomic E-state index is -0.0486. The molecule has 1 heteroatoms. The molecule has 0 saturated carbocycles. The third-order valence-electron chi connectivity index (χ3n) is 2.84. The second kappa shape index (κ2) is 2.88. The van der Waals surface area contributed by atoms with Crippen molar-refractivity contribution in [3.63, 3.8) is 0 Å². The van der Waals surface area contributed by atoms with Gasteiger partial charge in [-0.3, -0.25) is 0 Å². The van der Waals surface area contributed by atoms with E-state index in [4.69, 9.17) is 5.73 Å². The highest BCUT2D eigenvalue weighted by atomic mass is 14.7. The average Bonchev–Trinajstić information content (AvgIpc) is 1.83. The molecular weight excluding hydrogens is 146 g/mol. The van der Waals surface area contributed by atoms with Gasteiger partial charge in [-0.15, -0.1) is 0 Å². The number of hydrogen-bond donors (Lipinski definition) is 1. The molecule has 0 saturated heterocycles. The second-order valence-corrected chi connectivity index (χ2v) is 5.31. The van der Waals surface area contributed by atoms with Crippen LogP contribution in [0, 0.1) is 11.3 Å². The van der Waals surface area contributed by atoms with E-state index >= 15 is 0 Å². The summed E-state index contributed by atoms with van der Waals surface area (Å²) in [5.74, 6) is 0.561. The monoisotopic (exact) mass is 167 g/mol. The number of rotatable bonds is 1. The van der Waals surface area contributed by atoms with Crippen LogP contribution >= 0.6 is 0 Å². The summed E-state index contributed by atoms with van der Waals surface area (Å²) in [6, 6.07) is 0. The first-order chi connectivity index (χ1) is 5.31. The van der Waals surface area contributed by atoms with E-state index in [0.29, 0.717) is 11.3 Å². The molecule has 0 spiro atoms. The third-order valence-corrected chi connectivity index (χ3v) is 2.84. The van der Waals surface area contributed by atoms with Crippen LogP contribution in [0.25, 0.3) is 0 Å². The van der Waals surface area contributed by atoms with E-state index in [1.165, 1.54) is 12.8 Å². The summed E-state index contributed by atoms with van der Waals surface area (Å²) in [7, 11) is 0. The Labute approximate surface area is 76.0 Å². The van der Waals surface area contributed by atoms with Crippen LogP contribution in [-0.4, -0.2) is 5.54 Å². The van der Waals surface area contributed by atoms with E-state index < -0.39 is 0 Å². The number of hydrogen-bond acceptors (Lipinski definition) is 1. The summed E-state index contributed by atoms with van der Waals surface area (Å²) in [6.45, 7) is 8.78. The maximum atomic E-state index is 6.05. The molecule has 1 rings (SSSR count). The second-order valence-electron chi connectivity index (χ2n) is 5.31. The minimum absolute atomic E-state index is 0.0486. The van der Waals surface area contributed by atoms with Crippen molar-refractivity contribution in [1.82, 2.24) is 0 Å². The zero-order chi connectivity index (χ0) is 9.41. The molecule has 70 valence electrons. The maximum absolute atomic E-state index is 6.05. The van der Waals surface area contributed by atoms with Gasteiger partial charge in [-0.2, -0.15) is 0 Å². The minimum Gasteiger partial charge on any atom is -0.325 e. The van der Waals surface area contributed by atoms with Crippen LogP contribution in [0.15, 0.2) is 12.2 Å². The molecule has 0 bridgehead atoms. The van der Waals surface area contributed by atoms with E-state index in [0.717, 1.165) is 0 Å². The Hall–Kier alpha value is -0.300. The summed E-state index contributed by atoms with van der Waals surface area (Å²) >= 11 is 0. The van der Waals surface area contributed by atoms with Crippen molar-refractivity contribution in [2.75, 3.05) is 0 Å². The van der Waals surface area contributed by atoms with Crippen molar-refractivity contribution in [2.24, 2.45) is 17.1 Å². The number of allylic oxidation sites excluding steroid dienone is 1. The van der Waals surface area contributed by atoms with Gasteiger partial charge in [0.2, 0.25) is 0 Å². The molecule has 1 nitrogen and oxygen atoms in total. The van der Waals surface area contributed by atoms with Crippen LogP contribution in [0.1, 0.15) is 40.5 Å². The highest BCUT2D eigenvalue weighted by Gasteiger charge is 2.28. The van der Waals surface area contributed by atoms with Gasteiger partial charge in [0.15, 0.2) is 0 Å². The fraction of sp³-hybridized carbons (Fsp3) is 0.818. The van der Waals surface area contributed by atoms with Gasteiger partial charge in [0.1, 0.15) is 0 Å². The summed E-state index contributed by atoms with van der Waals surface area (Å²) in [5, 5.41) is 0. The van der Waals surface area contributed by atoms with Gasteiger partial charge in [0.25, 0.3) is 0 Å². The van der Waals surface area contributed by atoms with E-state index in [1.54, 1.807) is 0 Å². The van der Waals surface area contributed by atoms with Gasteiger partial charge < -0.3 is 5.73 Å². The van der Waals surface area contributed by atoms with E-state index in [2.05, 4.69) is 39.8 Å². The highest BCUT2D eigenvalue weighted by molar-refractivity contribution is 5.07. The van der Waals surface area contributed by atoms with Gasteiger partial charge >= 0.3 is 0 Å². The first kappa shape index (κ1) is 9.79. The van der Waals surface area contributed by atoms with Crippen molar-refractivity contribution in [2.45, 2.75) is 46.1 Å². The molecule has 0 aliphatic heterocycles. The van der Waals surface area contributed by atoms with Crippen LogP contribution < -0.4 is 5.73 Å². The van der Waals surface area contributed by atoms with Crippen molar-refractivity contribution >= 4 is 0 Å². The van der Waals surface area contributed by atoms with E-state index in [9.17, 15) is 0 Å². The van der Waals surface area contributed by atoms with E-state index in [1.807, 2.05) is 0 Å². The first-order valence-corrected chi connectivity index (χ1v) is 4.79. The fourth-order valence-electron chi connectivity index (χ4n) is 1.70. The average molecular weight is 167 g/mol. The van der Waals surface area contributed by atoms with Crippen LogP contribution in [0.2, 0.25) is 0 Å². The predicted molar refractivity (Wildman–Crippen MR) is 53.9 cm³/mol. The fourth-order valence-corrected chi connectivity index (χ4v) is 1.70. The quantitative estimate of drug-likeness (QED) is 0.597. The molecule has 12 heavy (non-hydrogen) atoms. The Bertz CT molecular complexity index is 184. The van der Waals surface area contributed by atoms with Crippen molar-refractivity contribution in [3.8, 4) is 0 Å². The van der Waals surface area contributed by atoms with Gasteiger partial charge in [-0.25, -0.2) is 0 Å². The molecule has 0 heterocycles. The first-order valence-electron chi connectivity index (χ1n) is 4.79. The molecule has 2 N–H and O–H groups in total. The van der Waals surface area contributed by atoms with Crippen LogP contribution in [0.3, 0.4) is 0 Å². The molecule has 0 fully saturated rings. The highest BCUT2D eigenvalue weighted by Crippen LogP contribution is 2.35. The maximum Gasteiger partial charge on any atom is 0.0160 e. The largest absolute Gasteiger partial charge is 0.325 e. The summed E-state index contributed by atoms with van der Waals surface area (Å²) in [6.07, 6.45) is 7.10. The van der Waals surface area contributed by atoms with Crippen molar-refractivity contribution in [3.05, 3.63) is 12.2 Å². The lowest BCUT2D eigenvalue weighted by molar-refractivity contribution is 0.285. The van der Waals surface area contributed by atoms with E-state index in [-0.39, 0.29) is 5.54 Å². The molecule has 1 atom stereocenters. The molecule has 1 aliphatic carbocycles. The summed E-state index contributed by atoms with van der Waals surface area (Å²) in [4.78, 5) is 0. The zero-order valence-corrected chi connectivity index (χ0v) is 8.72. The van der Waals surface area contributed by atoms with Gasteiger partial charge in [0, 0.05) is 5.54 Å². The third kappa shape index (κ3) is 2.34.